The normalized spacial score (nSPS) is 7.18. The fraction of sp³-hybridized carbons (Fsp3) is 0.333. The lowest BCUT2D eigenvalue weighted by Gasteiger charge is -1.82. The second kappa shape index (κ2) is 31.9. The summed E-state index contributed by atoms with van der Waals surface area (Å²) in [6.07, 6.45) is 2.72. The lowest BCUT2D eigenvalue weighted by molar-refractivity contribution is 0.302. The summed E-state index contributed by atoms with van der Waals surface area (Å²) in [5, 5.41) is 7.72. The van der Waals surface area contributed by atoms with E-state index in [0.29, 0.717) is 14.3 Å². The zero-order valence-electron chi connectivity index (χ0n) is 14.2. The summed E-state index contributed by atoms with van der Waals surface area (Å²) in [6.45, 7) is 6.59. The zero-order valence-corrected chi connectivity index (χ0v) is 14.9. The number of hydrogen-bond donors (Lipinski definition) is 1. The highest BCUT2D eigenvalue weighted by Gasteiger charge is 1.74. The molecule has 0 saturated carbocycles. The highest BCUT2D eigenvalue weighted by Crippen LogP contribution is 1.80. The van der Waals surface area contributed by atoms with Gasteiger partial charge >= 0.3 is 7.69 Å². The Morgan fingerprint density at radius 3 is 0.909 bits per heavy atom. The van der Waals surface area contributed by atoms with Gasteiger partial charge in [0.05, 0.1) is 0 Å². The van der Waals surface area contributed by atoms with E-state index in [4.69, 9.17) is 5.02 Å². The van der Waals surface area contributed by atoms with Crippen LogP contribution in [0.4, 0.5) is 0 Å². The van der Waals surface area contributed by atoms with Crippen molar-refractivity contribution in [2.24, 2.45) is 0 Å². The van der Waals surface area contributed by atoms with Gasteiger partial charge in [0.25, 0.3) is 0 Å². The van der Waals surface area contributed by atoms with Crippen molar-refractivity contribution in [2.75, 3.05) is 13.0 Å². The molecule has 2 rings (SSSR count). The Bertz CT molecular complexity index is 247. The van der Waals surface area contributed by atoms with E-state index < -0.39 is 0 Å². The molecule has 0 spiro atoms. The maximum Gasteiger partial charge on any atom is 0.485 e. The third kappa shape index (κ3) is 36.3. The van der Waals surface area contributed by atoms with Crippen molar-refractivity contribution < 1.29 is 9.68 Å². The average Bonchev–Trinajstić information content (AvgIpc) is 2.62. The lowest BCUT2D eigenvalue weighted by atomic mass is 10.4. The number of halogens is 1. The number of benzene rings is 2. The number of rotatable bonds is 2. The van der Waals surface area contributed by atoms with Gasteiger partial charge in [0.2, 0.25) is 0 Å². The summed E-state index contributed by atoms with van der Waals surface area (Å²) in [7, 11) is 0.681. The Hall–Kier alpha value is -1.29. The van der Waals surface area contributed by atoms with Crippen molar-refractivity contribution >= 4 is 19.3 Å². The molecule has 0 atom stereocenters. The van der Waals surface area contributed by atoms with E-state index in [-0.39, 0.29) is 0 Å². The first-order valence-electron chi connectivity index (χ1n) is 7.28. The van der Waals surface area contributed by atoms with E-state index in [1.807, 2.05) is 72.8 Å². The quantitative estimate of drug-likeness (QED) is 0.608. The lowest BCUT2D eigenvalue weighted by Crippen LogP contribution is -1.93. The molecular weight excluding hydrogens is 294 g/mol. The fourth-order valence-corrected chi connectivity index (χ4v) is 0.844. The summed E-state index contributed by atoms with van der Waals surface area (Å²) in [4.78, 5) is 0. The minimum absolute atomic E-state index is 0.538. The summed E-state index contributed by atoms with van der Waals surface area (Å²) in [5.41, 5.74) is 0. The molecule has 0 unspecified atom stereocenters. The van der Waals surface area contributed by atoms with Crippen LogP contribution in [-0.2, 0) is 4.65 Å². The molecule has 0 saturated heterocycles. The standard InChI is InChI=1S/2C6H6.C3H8.C2H6BO2.CH3Cl/c2*1-2-4-6-5-3-1;1-3-2;1-2-5-3-4;1-2/h2*1-6H;3H2,1-2H3;4H,2H2,1H3;1H3. The molecule has 0 aliphatic carbocycles. The molecule has 0 fully saturated rings. The summed E-state index contributed by atoms with van der Waals surface area (Å²) in [5.74, 6) is 0. The van der Waals surface area contributed by atoms with E-state index in [9.17, 15) is 0 Å². The molecular formula is C18H29BClO2. The molecule has 0 heterocycles. The SMILES string of the molecule is CCC.CCO[B]O.CCl.c1ccccc1.c1ccccc1. The third-order valence-electron chi connectivity index (χ3n) is 1.57. The molecule has 22 heavy (non-hydrogen) atoms. The summed E-state index contributed by atoms with van der Waals surface area (Å²) in [6, 6.07) is 24.0. The van der Waals surface area contributed by atoms with Crippen molar-refractivity contribution in [1.29, 1.82) is 0 Å². The van der Waals surface area contributed by atoms with Crippen LogP contribution in [0.5, 0.6) is 0 Å². The van der Waals surface area contributed by atoms with Crippen molar-refractivity contribution in [2.45, 2.75) is 27.2 Å². The van der Waals surface area contributed by atoms with Gasteiger partial charge < -0.3 is 9.68 Å². The maximum absolute atomic E-state index is 7.72. The van der Waals surface area contributed by atoms with Crippen molar-refractivity contribution in [1.82, 2.24) is 0 Å². The molecule has 0 aliphatic heterocycles. The maximum atomic E-state index is 7.72. The second-order valence-corrected chi connectivity index (χ2v) is 3.58. The van der Waals surface area contributed by atoms with Crippen molar-refractivity contribution in [3.8, 4) is 0 Å². The molecule has 1 N–H and O–H groups in total. The van der Waals surface area contributed by atoms with E-state index in [1.165, 1.54) is 12.8 Å². The van der Waals surface area contributed by atoms with Crippen LogP contribution in [0.3, 0.4) is 0 Å². The van der Waals surface area contributed by atoms with E-state index >= 15 is 0 Å². The molecule has 0 amide bonds. The van der Waals surface area contributed by atoms with Gasteiger partial charge in [0.15, 0.2) is 0 Å². The Labute approximate surface area is 142 Å². The van der Waals surface area contributed by atoms with Gasteiger partial charge in [-0.3, -0.25) is 0 Å². The monoisotopic (exact) mass is 323 g/mol. The van der Waals surface area contributed by atoms with Crippen LogP contribution >= 0.6 is 11.6 Å². The molecule has 2 nitrogen and oxygen atoms in total. The van der Waals surface area contributed by atoms with Crippen LogP contribution in [-0.4, -0.2) is 25.7 Å². The van der Waals surface area contributed by atoms with Crippen LogP contribution in [0.25, 0.3) is 0 Å². The predicted octanol–water partition coefficient (Wildman–Crippen LogP) is 5.19. The van der Waals surface area contributed by atoms with Gasteiger partial charge in [-0.05, 0) is 6.92 Å². The minimum atomic E-state index is 0.538. The molecule has 4 heteroatoms. The van der Waals surface area contributed by atoms with Crippen LogP contribution in [0.2, 0.25) is 0 Å². The summed E-state index contributed by atoms with van der Waals surface area (Å²) < 4.78 is 4.26. The molecule has 0 aromatic heterocycles. The van der Waals surface area contributed by atoms with Gasteiger partial charge in [0, 0.05) is 13.0 Å². The van der Waals surface area contributed by atoms with Gasteiger partial charge in [-0.25, -0.2) is 0 Å². The highest BCUT2D eigenvalue weighted by atomic mass is 35.5. The third-order valence-corrected chi connectivity index (χ3v) is 1.57. The van der Waals surface area contributed by atoms with Crippen LogP contribution in [0, 0.1) is 0 Å². The van der Waals surface area contributed by atoms with Crippen molar-refractivity contribution in [3.05, 3.63) is 72.8 Å². The first-order valence-corrected chi connectivity index (χ1v) is 8.04. The van der Waals surface area contributed by atoms with Gasteiger partial charge in [0.1, 0.15) is 0 Å². The van der Waals surface area contributed by atoms with Crippen LogP contribution in [0.1, 0.15) is 27.2 Å². The van der Waals surface area contributed by atoms with Crippen LogP contribution < -0.4 is 0 Å². The predicted molar refractivity (Wildman–Crippen MR) is 100 cm³/mol. The van der Waals surface area contributed by atoms with Crippen molar-refractivity contribution in [3.63, 3.8) is 0 Å². The first-order chi connectivity index (χ1) is 10.8. The molecule has 1 radical (unpaired) electrons. The average molecular weight is 324 g/mol. The van der Waals surface area contributed by atoms with E-state index in [1.54, 1.807) is 6.92 Å². The smallest absolute Gasteiger partial charge is 0.429 e. The molecule has 0 bridgehead atoms. The van der Waals surface area contributed by atoms with Gasteiger partial charge in [-0.2, -0.15) is 0 Å². The zero-order chi connectivity index (χ0) is 17.3. The molecule has 2 aromatic carbocycles. The largest absolute Gasteiger partial charge is 0.485 e. The molecule has 0 aliphatic rings. The van der Waals surface area contributed by atoms with Crippen LogP contribution in [0.15, 0.2) is 72.8 Å². The molecule has 2 aromatic rings. The Balaban J connectivity index is -0.000000217. The second-order valence-electron chi connectivity index (χ2n) is 3.58. The highest BCUT2D eigenvalue weighted by molar-refractivity contribution is 6.15. The number of alkyl halides is 1. The molecule has 123 valence electrons. The Kier molecular flexibility index (Phi) is 37.2. The van der Waals surface area contributed by atoms with Gasteiger partial charge in [-0.15, -0.1) is 11.6 Å². The minimum Gasteiger partial charge on any atom is -0.429 e. The Morgan fingerprint density at radius 2 is 0.864 bits per heavy atom. The van der Waals surface area contributed by atoms with E-state index in [0.717, 1.165) is 0 Å². The number of hydrogen-bond acceptors (Lipinski definition) is 2. The van der Waals surface area contributed by atoms with Gasteiger partial charge in [-0.1, -0.05) is 93.1 Å². The first kappa shape index (κ1) is 25.7. The van der Waals surface area contributed by atoms with E-state index in [2.05, 4.69) is 30.1 Å². The fourth-order valence-electron chi connectivity index (χ4n) is 0.844. The topological polar surface area (TPSA) is 29.5 Å². The summed E-state index contributed by atoms with van der Waals surface area (Å²) >= 11 is 4.64. The Morgan fingerprint density at radius 1 is 0.682 bits per heavy atom.